The molecular formula is C22H18F3NO2S. The standard InChI is InChI=1S/C22H18F3NO2S/c1-2-27-20-6-4-3-5-14(20)7-9-18-16-11-12-29-21(16)17-13-15(28-22(23,24)25)8-10-19(17)26-18/h3-10,13H,2,11-12H2,1H3. The largest absolute Gasteiger partial charge is 0.573 e. The number of alkyl halides is 3. The number of benzene rings is 2. The Balaban J connectivity index is 1.74. The number of fused-ring (bicyclic) bond motifs is 3. The zero-order chi connectivity index (χ0) is 20.4. The first-order chi connectivity index (χ1) is 13.9. The van der Waals surface area contributed by atoms with Crippen molar-refractivity contribution in [1.29, 1.82) is 0 Å². The monoisotopic (exact) mass is 417 g/mol. The summed E-state index contributed by atoms with van der Waals surface area (Å²) in [5.74, 6) is 1.44. The Labute approximate surface area is 170 Å². The van der Waals surface area contributed by atoms with Gasteiger partial charge in [0.1, 0.15) is 11.5 Å². The van der Waals surface area contributed by atoms with E-state index in [1.807, 2.05) is 43.3 Å². The lowest BCUT2D eigenvalue weighted by Gasteiger charge is -2.12. The molecule has 0 spiro atoms. The van der Waals surface area contributed by atoms with Crippen LogP contribution in [-0.2, 0) is 6.42 Å². The molecule has 0 atom stereocenters. The highest BCUT2D eigenvalue weighted by atomic mass is 32.2. The van der Waals surface area contributed by atoms with Gasteiger partial charge in [-0.2, -0.15) is 0 Å². The van der Waals surface area contributed by atoms with Gasteiger partial charge in [0, 0.05) is 21.6 Å². The zero-order valence-corrected chi connectivity index (χ0v) is 16.4. The summed E-state index contributed by atoms with van der Waals surface area (Å²) in [6.45, 7) is 2.51. The molecule has 0 saturated heterocycles. The molecule has 3 aromatic rings. The molecule has 0 bridgehead atoms. The van der Waals surface area contributed by atoms with Crippen molar-refractivity contribution in [1.82, 2.24) is 4.98 Å². The fourth-order valence-electron chi connectivity index (χ4n) is 3.34. The molecular weight excluding hydrogens is 399 g/mol. The fourth-order valence-corrected chi connectivity index (χ4v) is 4.55. The SMILES string of the molecule is CCOc1ccccc1C=Cc1nc2ccc(OC(F)(F)F)cc2c2c1CCS2. The molecule has 7 heteroatoms. The third-order valence-corrected chi connectivity index (χ3v) is 5.67. The molecule has 1 aliphatic rings. The van der Waals surface area contributed by atoms with Crippen molar-refractivity contribution in [3.63, 3.8) is 0 Å². The number of thioether (sulfide) groups is 1. The Bertz CT molecular complexity index is 1080. The maximum absolute atomic E-state index is 12.6. The third kappa shape index (κ3) is 4.34. The van der Waals surface area contributed by atoms with Crippen LogP contribution in [0.5, 0.6) is 11.5 Å². The average Bonchev–Trinajstić information content (AvgIpc) is 3.17. The zero-order valence-electron chi connectivity index (χ0n) is 15.6. The number of nitrogens with zero attached hydrogens (tertiary/aromatic N) is 1. The number of hydrogen-bond donors (Lipinski definition) is 0. The van der Waals surface area contributed by atoms with Crippen LogP contribution in [0.3, 0.4) is 0 Å². The maximum atomic E-state index is 12.6. The van der Waals surface area contributed by atoms with Crippen LogP contribution in [-0.4, -0.2) is 23.7 Å². The maximum Gasteiger partial charge on any atom is 0.573 e. The predicted octanol–water partition coefficient (Wildman–Crippen LogP) is 6.35. The minimum absolute atomic E-state index is 0.226. The lowest BCUT2D eigenvalue weighted by molar-refractivity contribution is -0.274. The summed E-state index contributed by atoms with van der Waals surface area (Å²) in [6, 6.07) is 12.0. The summed E-state index contributed by atoms with van der Waals surface area (Å²) in [5, 5.41) is 0.691. The van der Waals surface area contributed by atoms with Gasteiger partial charge in [-0.05, 0) is 55.3 Å². The highest BCUT2D eigenvalue weighted by Gasteiger charge is 2.31. The fraction of sp³-hybridized carbons (Fsp3) is 0.227. The lowest BCUT2D eigenvalue weighted by Crippen LogP contribution is -2.17. The van der Waals surface area contributed by atoms with Gasteiger partial charge in [0.15, 0.2) is 0 Å². The molecule has 0 fully saturated rings. The Kier molecular flexibility index (Phi) is 5.41. The number of hydrogen-bond acceptors (Lipinski definition) is 4. The Hall–Kier alpha value is -2.67. The summed E-state index contributed by atoms with van der Waals surface area (Å²) >= 11 is 1.64. The normalized spacial score (nSPS) is 13.8. The molecule has 0 amide bonds. The quantitative estimate of drug-likeness (QED) is 0.484. The molecule has 0 N–H and O–H groups in total. The van der Waals surface area contributed by atoms with Gasteiger partial charge < -0.3 is 9.47 Å². The van der Waals surface area contributed by atoms with Crippen LogP contribution < -0.4 is 9.47 Å². The molecule has 2 aromatic carbocycles. The van der Waals surface area contributed by atoms with Crippen LogP contribution in [0.1, 0.15) is 23.7 Å². The molecule has 1 aromatic heterocycles. The molecule has 4 rings (SSSR count). The summed E-state index contributed by atoms with van der Waals surface area (Å²) in [7, 11) is 0. The van der Waals surface area contributed by atoms with Crippen LogP contribution >= 0.6 is 11.8 Å². The number of halogens is 3. The molecule has 150 valence electrons. The van der Waals surface area contributed by atoms with Crippen molar-refractivity contribution < 1.29 is 22.6 Å². The van der Waals surface area contributed by atoms with Gasteiger partial charge in [-0.3, -0.25) is 0 Å². The van der Waals surface area contributed by atoms with E-state index in [2.05, 4.69) is 4.74 Å². The average molecular weight is 417 g/mol. The molecule has 3 nitrogen and oxygen atoms in total. The van der Waals surface area contributed by atoms with Crippen LogP contribution in [0.4, 0.5) is 13.2 Å². The van der Waals surface area contributed by atoms with E-state index in [0.29, 0.717) is 17.5 Å². The highest BCUT2D eigenvalue weighted by Crippen LogP contribution is 2.40. The second kappa shape index (κ2) is 7.99. The van der Waals surface area contributed by atoms with Crippen molar-refractivity contribution >= 4 is 34.8 Å². The number of para-hydroxylation sites is 1. The van der Waals surface area contributed by atoms with Gasteiger partial charge in [-0.1, -0.05) is 18.2 Å². The topological polar surface area (TPSA) is 31.4 Å². The van der Waals surface area contributed by atoms with E-state index in [9.17, 15) is 13.2 Å². The minimum Gasteiger partial charge on any atom is -0.493 e. The van der Waals surface area contributed by atoms with Crippen molar-refractivity contribution in [2.24, 2.45) is 0 Å². The summed E-state index contributed by atoms with van der Waals surface area (Å²) in [6.07, 6.45) is 0.0137. The van der Waals surface area contributed by atoms with E-state index in [0.717, 1.165) is 39.6 Å². The first-order valence-corrected chi connectivity index (χ1v) is 10.2. The number of aromatic nitrogens is 1. The summed E-state index contributed by atoms with van der Waals surface area (Å²) < 4.78 is 47.4. The molecule has 29 heavy (non-hydrogen) atoms. The van der Waals surface area contributed by atoms with Gasteiger partial charge in [-0.15, -0.1) is 24.9 Å². The first kappa shape index (κ1) is 19.6. The van der Waals surface area contributed by atoms with Crippen molar-refractivity contribution in [3.05, 3.63) is 59.3 Å². The van der Waals surface area contributed by atoms with Crippen molar-refractivity contribution in [2.75, 3.05) is 12.4 Å². The molecule has 0 saturated carbocycles. The second-order valence-electron chi connectivity index (χ2n) is 6.43. The van der Waals surface area contributed by atoms with E-state index >= 15 is 0 Å². The molecule has 0 aliphatic carbocycles. The lowest BCUT2D eigenvalue weighted by atomic mass is 10.1. The van der Waals surface area contributed by atoms with Crippen molar-refractivity contribution in [2.45, 2.75) is 24.6 Å². The molecule has 0 radical (unpaired) electrons. The molecule has 2 heterocycles. The Morgan fingerprint density at radius 1 is 1.14 bits per heavy atom. The van der Waals surface area contributed by atoms with Gasteiger partial charge >= 0.3 is 6.36 Å². The van der Waals surface area contributed by atoms with E-state index in [-0.39, 0.29) is 5.75 Å². The van der Waals surface area contributed by atoms with Gasteiger partial charge in [-0.25, -0.2) is 4.98 Å². The Morgan fingerprint density at radius 2 is 1.97 bits per heavy atom. The smallest absolute Gasteiger partial charge is 0.493 e. The van der Waals surface area contributed by atoms with Crippen LogP contribution in [0.15, 0.2) is 47.4 Å². The number of ether oxygens (including phenoxy) is 2. The van der Waals surface area contributed by atoms with E-state index < -0.39 is 6.36 Å². The van der Waals surface area contributed by atoms with E-state index in [1.165, 1.54) is 12.1 Å². The third-order valence-electron chi connectivity index (χ3n) is 4.51. The van der Waals surface area contributed by atoms with E-state index in [4.69, 9.17) is 9.72 Å². The Morgan fingerprint density at radius 3 is 2.76 bits per heavy atom. The minimum atomic E-state index is -4.71. The van der Waals surface area contributed by atoms with Gasteiger partial charge in [0.2, 0.25) is 0 Å². The molecule has 0 unspecified atom stereocenters. The first-order valence-electron chi connectivity index (χ1n) is 9.19. The van der Waals surface area contributed by atoms with Gasteiger partial charge in [0.25, 0.3) is 0 Å². The number of rotatable bonds is 5. The van der Waals surface area contributed by atoms with Crippen molar-refractivity contribution in [3.8, 4) is 11.5 Å². The van der Waals surface area contributed by atoms with Crippen LogP contribution in [0, 0.1) is 0 Å². The van der Waals surface area contributed by atoms with Gasteiger partial charge in [0.05, 0.1) is 17.8 Å². The predicted molar refractivity (Wildman–Crippen MR) is 109 cm³/mol. The molecule has 1 aliphatic heterocycles. The highest BCUT2D eigenvalue weighted by molar-refractivity contribution is 7.99. The van der Waals surface area contributed by atoms with Crippen LogP contribution in [0.25, 0.3) is 23.1 Å². The number of pyridine rings is 1. The second-order valence-corrected chi connectivity index (χ2v) is 7.54. The van der Waals surface area contributed by atoms with E-state index in [1.54, 1.807) is 17.8 Å². The summed E-state index contributed by atoms with van der Waals surface area (Å²) in [4.78, 5) is 5.67. The van der Waals surface area contributed by atoms with Crippen LogP contribution in [0.2, 0.25) is 0 Å². The summed E-state index contributed by atoms with van der Waals surface area (Å²) in [5.41, 5.74) is 3.47.